The lowest BCUT2D eigenvalue weighted by Crippen LogP contribution is -2.37. The molecule has 0 saturated carbocycles. The van der Waals surface area contributed by atoms with Crippen LogP contribution in [0.1, 0.15) is 46.1 Å². The molecule has 0 saturated heterocycles. The van der Waals surface area contributed by atoms with Gasteiger partial charge in [0, 0.05) is 0 Å². The van der Waals surface area contributed by atoms with E-state index < -0.39 is 9.40 Å². The number of alkyl halides is 2. The molecule has 36 heavy (non-hydrogen) atoms. The number of ether oxygens (including phenoxy) is 1. The Labute approximate surface area is 242 Å². The Morgan fingerprint density at radius 3 is 2.47 bits per heavy atom. The molecule has 2 aromatic rings. The lowest BCUT2D eigenvalue weighted by Gasteiger charge is -2.24. The number of hydrogen-bond donors (Lipinski definition) is 2. The second-order valence-electron chi connectivity index (χ2n) is 8.08. The zero-order valence-electron chi connectivity index (χ0n) is 20.7. The molecule has 0 bridgehead atoms. The third-order valence-corrected chi connectivity index (χ3v) is 8.71. The van der Waals surface area contributed by atoms with Crippen LogP contribution in [0.5, 0.6) is 0 Å². The number of carbonyl (C=O) groups is 2. The highest BCUT2D eigenvalue weighted by molar-refractivity contribution is 9.26. The van der Waals surface area contributed by atoms with Gasteiger partial charge in [-0.3, -0.25) is 9.59 Å². The van der Waals surface area contributed by atoms with Crippen molar-refractivity contribution in [3.63, 3.8) is 0 Å². The number of allylic oxidation sites excluding steroid dienone is 3. The molecule has 0 fully saturated rings. The van der Waals surface area contributed by atoms with E-state index in [1.807, 2.05) is 50.3 Å². The van der Waals surface area contributed by atoms with Gasteiger partial charge in [0.25, 0.3) is 0 Å². The van der Waals surface area contributed by atoms with Crippen LogP contribution < -0.4 is 10.6 Å². The predicted octanol–water partition coefficient (Wildman–Crippen LogP) is 7.93. The molecule has 1 aromatic carbocycles. The molecule has 0 spiro atoms. The standard InChI is InChI=1S/C20H23Br3N2O3S.C7H8/c1-4-13(10-14(28-3)6-5-9-21)18(24-11-26)25-19-12(2)15-7-8-20(22,23)17(27)16(15)29-19;1-7-5-3-2-4-6-7/h5-6,9-11,18,25H,4,7-8H2,1-3H3,(H,24,26);2-6H,1H3/b9-5+,13-10+,14-6+;. The van der Waals surface area contributed by atoms with E-state index in [9.17, 15) is 9.59 Å². The Morgan fingerprint density at radius 2 is 1.94 bits per heavy atom. The quantitative estimate of drug-likeness (QED) is 0.0916. The number of methoxy groups -OCH3 is 1. The van der Waals surface area contributed by atoms with Crippen LogP contribution in [-0.2, 0) is 16.0 Å². The minimum atomic E-state index is -0.697. The summed E-state index contributed by atoms with van der Waals surface area (Å²) in [6.07, 6.45) is 7.98. The average molecular weight is 703 g/mol. The highest BCUT2D eigenvalue weighted by Gasteiger charge is 2.40. The number of fused-ring (bicyclic) bond motifs is 1. The fourth-order valence-corrected chi connectivity index (χ4v) is 6.10. The summed E-state index contributed by atoms with van der Waals surface area (Å²) in [7, 11) is 1.60. The third kappa shape index (κ3) is 8.43. The summed E-state index contributed by atoms with van der Waals surface area (Å²) < 4.78 is 4.71. The van der Waals surface area contributed by atoms with Crippen molar-refractivity contribution in [2.75, 3.05) is 12.4 Å². The first-order valence-corrected chi connectivity index (χ1v) is 14.7. The molecular weight excluding hydrogens is 672 g/mol. The highest BCUT2D eigenvalue weighted by Crippen LogP contribution is 2.46. The number of nitrogens with one attached hydrogen (secondary N) is 2. The van der Waals surface area contributed by atoms with Crippen molar-refractivity contribution in [2.45, 2.75) is 49.4 Å². The van der Waals surface area contributed by atoms with Gasteiger partial charge in [-0.25, -0.2) is 0 Å². The maximum absolute atomic E-state index is 12.8. The van der Waals surface area contributed by atoms with Gasteiger partial charge in [-0.15, -0.1) is 11.3 Å². The number of ketones is 1. The molecule has 0 radical (unpaired) electrons. The second kappa shape index (κ2) is 14.9. The minimum Gasteiger partial charge on any atom is -0.497 e. The fourth-order valence-electron chi connectivity index (χ4n) is 3.58. The second-order valence-corrected chi connectivity index (χ2v) is 13.4. The first-order chi connectivity index (χ1) is 17.2. The van der Waals surface area contributed by atoms with Gasteiger partial charge in [0.2, 0.25) is 6.41 Å². The highest BCUT2D eigenvalue weighted by atomic mass is 79.9. The first kappa shape index (κ1) is 30.5. The van der Waals surface area contributed by atoms with Gasteiger partial charge in [-0.1, -0.05) is 96.7 Å². The van der Waals surface area contributed by atoms with Crippen LogP contribution in [-0.4, -0.2) is 28.7 Å². The number of Topliss-reactive ketones (excluding diaryl/α,β-unsaturated/α-hetero) is 1. The lowest BCUT2D eigenvalue weighted by atomic mass is 9.95. The monoisotopic (exact) mass is 700 g/mol. The summed E-state index contributed by atoms with van der Waals surface area (Å²) in [6.45, 7) is 6.11. The van der Waals surface area contributed by atoms with E-state index in [1.54, 1.807) is 12.1 Å². The number of benzene rings is 1. The van der Waals surface area contributed by atoms with Crippen molar-refractivity contribution in [1.82, 2.24) is 5.32 Å². The number of thiophene rings is 1. The smallest absolute Gasteiger partial charge is 0.208 e. The van der Waals surface area contributed by atoms with Gasteiger partial charge in [0.05, 0.1) is 17.0 Å². The van der Waals surface area contributed by atoms with E-state index in [0.29, 0.717) is 25.0 Å². The van der Waals surface area contributed by atoms with Gasteiger partial charge in [0.1, 0.15) is 15.2 Å². The van der Waals surface area contributed by atoms with Crippen LogP contribution in [0.3, 0.4) is 0 Å². The molecule has 1 aromatic heterocycles. The molecule has 2 N–H and O–H groups in total. The van der Waals surface area contributed by atoms with Crippen LogP contribution in [0, 0.1) is 13.8 Å². The van der Waals surface area contributed by atoms with E-state index in [-0.39, 0.29) is 5.78 Å². The molecule has 1 amide bonds. The van der Waals surface area contributed by atoms with Crippen LogP contribution in [0.25, 0.3) is 0 Å². The Kier molecular flexibility index (Phi) is 12.6. The van der Waals surface area contributed by atoms with Crippen LogP contribution in [0.15, 0.2) is 64.9 Å². The van der Waals surface area contributed by atoms with Crippen molar-refractivity contribution in [3.05, 3.63) is 86.4 Å². The van der Waals surface area contributed by atoms with E-state index >= 15 is 0 Å². The summed E-state index contributed by atoms with van der Waals surface area (Å²) in [5.41, 5.74) is 4.39. The maximum atomic E-state index is 12.8. The number of carbonyl (C=O) groups excluding carboxylic acids is 2. The number of halogens is 3. The summed E-state index contributed by atoms with van der Waals surface area (Å²) in [6, 6.07) is 10.3. The van der Waals surface area contributed by atoms with Crippen molar-refractivity contribution in [1.29, 1.82) is 0 Å². The molecular formula is C27H31Br3N2O3S. The Hall–Kier alpha value is -1.68. The number of amides is 1. The number of anilines is 1. The van der Waals surface area contributed by atoms with Crippen molar-refractivity contribution >= 4 is 76.3 Å². The topological polar surface area (TPSA) is 67.4 Å². The largest absolute Gasteiger partial charge is 0.497 e. The molecule has 1 unspecified atom stereocenters. The molecule has 9 heteroatoms. The Morgan fingerprint density at radius 1 is 1.25 bits per heavy atom. The number of rotatable bonds is 9. The normalized spacial score (nSPS) is 16.0. The van der Waals surface area contributed by atoms with E-state index in [0.717, 1.165) is 33.0 Å². The van der Waals surface area contributed by atoms with Crippen LogP contribution in [0.4, 0.5) is 5.00 Å². The molecule has 1 heterocycles. The third-order valence-electron chi connectivity index (χ3n) is 5.63. The minimum absolute atomic E-state index is 0.0391. The van der Waals surface area contributed by atoms with Crippen molar-refractivity contribution in [2.24, 2.45) is 0 Å². The Bertz CT molecular complexity index is 1120. The van der Waals surface area contributed by atoms with Gasteiger partial charge in [-0.2, -0.15) is 0 Å². The van der Waals surface area contributed by atoms with E-state index in [1.165, 1.54) is 16.9 Å². The van der Waals surface area contributed by atoms with Crippen molar-refractivity contribution < 1.29 is 14.3 Å². The SMILES string of the molecule is CC\C(=C/C(=C\C=C\Br)OC)C(NC=O)Nc1sc2c(c1C)CCC(Br)(Br)C2=O.Cc1ccccc1. The molecule has 3 rings (SSSR count). The summed E-state index contributed by atoms with van der Waals surface area (Å²) in [4.78, 5) is 26.5. The molecule has 1 atom stereocenters. The number of hydrogen-bond acceptors (Lipinski definition) is 5. The zero-order chi connectivity index (χ0) is 26.7. The lowest BCUT2D eigenvalue weighted by molar-refractivity contribution is -0.109. The zero-order valence-corrected chi connectivity index (χ0v) is 26.3. The summed E-state index contributed by atoms with van der Waals surface area (Å²) in [5.74, 6) is 0.704. The van der Waals surface area contributed by atoms with Crippen LogP contribution >= 0.6 is 59.1 Å². The molecule has 1 aliphatic rings. The fraction of sp³-hybridized carbons (Fsp3) is 0.333. The van der Waals surface area contributed by atoms with Gasteiger partial charge in [0.15, 0.2) is 5.78 Å². The van der Waals surface area contributed by atoms with E-state index in [4.69, 9.17) is 4.74 Å². The van der Waals surface area contributed by atoms with Gasteiger partial charge < -0.3 is 15.4 Å². The number of aryl methyl sites for hydroxylation is 1. The first-order valence-electron chi connectivity index (χ1n) is 11.4. The molecule has 194 valence electrons. The Balaban J connectivity index is 0.000000558. The van der Waals surface area contributed by atoms with Gasteiger partial charge >= 0.3 is 0 Å². The average Bonchev–Trinajstić information content (AvgIpc) is 3.18. The van der Waals surface area contributed by atoms with Crippen LogP contribution in [0.2, 0.25) is 0 Å². The summed E-state index contributed by atoms with van der Waals surface area (Å²) in [5, 5.41) is 7.12. The predicted molar refractivity (Wildman–Crippen MR) is 162 cm³/mol. The van der Waals surface area contributed by atoms with E-state index in [2.05, 4.69) is 77.5 Å². The maximum Gasteiger partial charge on any atom is 0.208 e. The van der Waals surface area contributed by atoms with Gasteiger partial charge in [-0.05, 0) is 66.9 Å². The summed E-state index contributed by atoms with van der Waals surface area (Å²) >= 11 is 11.6. The van der Waals surface area contributed by atoms with Crippen molar-refractivity contribution in [3.8, 4) is 0 Å². The molecule has 5 nitrogen and oxygen atoms in total. The molecule has 1 aliphatic carbocycles. The molecule has 0 aliphatic heterocycles.